The Hall–Kier alpha value is -3.09. The molecule has 0 atom stereocenters. The van der Waals surface area contributed by atoms with Gasteiger partial charge in [0.1, 0.15) is 0 Å². The molecule has 0 spiro atoms. The molecular weight excluding hydrogens is 348 g/mol. The highest BCUT2D eigenvalue weighted by Crippen LogP contribution is 2.43. The molecule has 0 amide bonds. The molecule has 5 rings (SSSR count). The average molecular weight is 365 g/mol. The smallest absolute Gasteiger partial charge is 0.0497 e. The summed E-state index contributed by atoms with van der Waals surface area (Å²) in [4.78, 5) is 0. The molecule has 0 nitrogen and oxygen atoms in total. The lowest BCUT2D eigenvalue weighted by Gasteiger charge is -2.17. The first-order valence-electron chi connectivity index (χ1n) is 9.07. The lowest BCUT2D eigenvalue weighted by molar-refractivity contribution is 1.61. The zero-order valence-corrected chi connectivity index (χ0v) is 15.4. The van der Waals surface area contributed by atoms with Crippen LogP contribution in [0.1, 0.15) is 0 Å². The van der Waals surface area contributed by atoms with Crippen LogP contribution in [0.2, 0.25) is 5.02 Å². The number of rotatable bonds is 2. The molecule has 0 aliphatic carbocycles. The van der Waals surface area contributed by atoms with Crippen molar-refractivity contribution in [1.82, 2.24) is 0 Å². The predicted octanol–water partition coefficient (Wildman–Crippen LogP) is 7.98. The monoisotopic (exact) mass is 364 g/mol. The average Bonchev–Trinajstić information content (AvgIpc) is 2.72. The van der Waals surface area contributed by atoms with E-state index >= 15 is 0 Å². The summed E-state index contributed by atoms with van der Waals surface area (Å²) in [6, 6.07) is 36.0. The van der Waals surface area contributed by atoms with Gasteiger partial charge in [-0.1, -0.05) is 96.5 Å². The fraction of sp³-hybridized carbons (Fsp3) is 0. The van der Waals surface area contributed by atoms with Gasteiger partial charge in [-0.25, -0.2) is 0 Å². The molecule has 1 heteroatoms. The summed E-state index contributed by atoms with van der Waals surface area (Å²) in [5, 5.41) is 5.64. The van der Waals surface area contributed by atoms with Crippen LogP contribution < -0.4 is 0 Å². The highest BCUT2D eigenvalue weighted by atomic mass is 35.5. The maximum absolute atomic E-state index is 6.84. The van der Waals surface area contributed by atoms with Crippen LogP contribution in [0.25, 0.3) is 43.8 Å². The topological polar surface area (TPSA) is 0 Å². The second-order valence-electron chi connectivity index (χ2n) is 6.76. The van der Waals surface area contributed by atoms with Crippen molar-refractivity contribution in [1.29, 1.82) is 0 Å². The van der Waals surface area contributed by atoms with Crippen molar-refractivity contribution in [2.75, 3.05) is 0 Å². The minimum absolute atomic E-state index is 0.780. The SMILES string of the molecule is Clc1cc2cc3ccccc3cc2c(-c2ccccc2)c1-c1ccccc1. The Balaban J connectivity index is 1.96. The third-order valence-electron chi connectivity index (χ3n) is 5.08. The van der Waals surface area contributed by atoms with Gasteiger partial charge in [0.2, 0.25) is 0 Å². The molecule has 5 aromatic rings. The lowest BCUT2D eigenvalue weighted by atomic mass is 9.88. The van der Waals surface area contributed by atoms with E-state index < -0.39 is 0 Å². The van der Waals surface area contributed by atoms with Gasteiger partial charge < -0.3 is 0 Å². The van der Waals surface area contributed by atoms with Crippen LogP contribution in [0.4, 0.5) is 0 Å². The standard InChI is InChI=1S/C26H17Cl/c27-24-17-22-15-20-13-7-8-14-21(20)16-23(22)25(18-9-3-1-4-10-18)26(24)19-11-5-2-6-12-19/h1-17H. The molecule has 0 fully saturated rings. The highest BCUT2D eigenvalue weighted by Gasteiger charge is 2.16. The van der Waals surface area contributed by atoms with Gasteiger partial charge in [0.25, 0.3) is 0 Å². The molecule has 0 aliphatic rings. The molecular formula is C26H17Cl. The third-order valence-corrected chi connectivity index (χ3v) is 5.38. The fourth-order valence-electron chi connectivity index (χ4n) is 3.85. The number of hydrogen-bond donors (Lipinski definition) is 0. The van der Waals surface area contributed by atoms with Gasteiger partial charge in [-0.3, -0.25) is 0 Å². The molecule has 5 aromatic carbocycles. The van der Waals surface area contributed by atoms with Gasteiger partial charge in [-0.2, -0.15) is 0 Å². The van der Waals surface area contributed by atoms with Crippen LogP contribution in [0.15, 0.2) is 103 Å². The van der Waals surface area contributed by atoms with Crippen molar-refractivity contribution < 1.29 is 0 Å². The normalized spacial score (nSPS) is 11.1. The molecule has 0 bridgehead atoms. The molecule has 0 saturated heterocycles. The lowest BCUT2D eigenvalue weighted by Crippen LogP contribution is -1.90. The summed E-state index contributed by atoms with van der Waals surface area (Å²) < 4.78 is 0. The Kier molecular flexibility index (Phi) is 3.92. The van der Waals surface area contributed by atoms with Crippen LogP contribution in [0.5, 0.6) is 0 Å². The van der Waals surface area contributed by atoms with E-state index in [0.29, 0.717) is 0 Å². The van der Waals surface area contributed by atoms with Crippen LogP contribution in [-0.4, -0.2) is 0 Å². The van der Waals surface area contributed by atoms with Crippen LogP contribution >= 0.6 is 11.6 Å². The molecule has 27 heavy (non-hydrogen) atoms. The second-order valence-corrected chi connectivity index (χ2v) is 7.17. The highest BCUT2D eigenvalue weighted by molar-refractivity contribution is 6.36. The van der Waals surface area contributed by atoms with Gasteiger partial charge >= 0.3 is 0 Å². The second kappa shape index (κ2) is 6.57. The van der Waals surface area contributed by atoms with E-state index in [0.717, 1.165) is 21.5 Å². The molecule has 0 N–H and O–H groups in total. The quantitative estimate of drug-likeness (QED) is 0.278. The van der Waals surface area contributed by atoms with Crippen molar-refractivity contribution in [3.63, 3.8) is 0 Å². The van der Waals surface area contributed by atoms with Gasteiger partial charge in [-0.15, -0.1) is 0 Å². The van der Waals surface area contributed by atoms with Crippen molar-refractivity contribution in [2.24, 2.45) is 0 Å². The van der Waals surface area contributed by atoms with Crippen molar-refractivity contribution in [3.05, 3.63) is 108 Å². The Morgan fingerprint density at radius 3 is 1.59 bits per heavy atom. The summed E-state index contributed by atoms with van der Waals surface area (Å²) in [6.45, 7) is 0. The largest absolute Gasteiger partial charge is 0.0836 e. The first kappa shape index (κ1) is 16.1. The maximum atomic E-state index is 6.84. The number of benzene rings is 5. The van der Waals surface area contributed by atoms with Crippen LogP contribution in [-0.2, 0) is 0 Å². The van der Waals surface area contributed by atoms with E-state index in [1.54, 1.807) is 0 Å². The Labute approximate surface area is 163 Å². The third kappa shape index (κ3) is 2.79. The Morgan fingerprint density at radius 1 is 0.444 bits per heavy atom. The number of fused-ring (bicyclic) bond motifs is 2. The van der Waals surface area contributed by atoms with E-state index in [4.69, 9.17) is 11.6 Å². The first-order valence-corrected chi connectivity index (χ1v) is 9.45. The maximum Gasteiger partial charge on any atom is 0.0497 e. The number of halogens is 1. The van der Waals surface area contributed by atoms with Crippen molar-refractivity contribution >= 4 is 33.1 Å². The van der Waals surface area contributed by atoms with E-state index in [1.807, 2.05) is 12.1 Å². The summed E-state index contributed by atoms with van der Waals surface area (Å²) in [5.41, 5.74) is 4.59. The van der Waals surface area contributed by atoms with Crippen LogP contribution in [0.3, 0.4) is 0 Å². The first-order chi connectivity index (χ1) is 13.3. The van der Waals surface area contributed by atoms with Gasteiger partial charge in [0.05, 0.1) is 0 Å². The van der Waals surface area contributed by atoms with Gasteiger partial charge in [0.15, 0.2) is 0 Å². The van der Waals surface area contributed by atoms with Crippen molar-refractivity contribution in [2.45, 2.75) is 0 Å². The molecule has 0 aromatic heterocycles. The van der Waals surface area contributed by atoms with Crippen LogP contribution in [0, 0.1) is 0 Å². The minimum atomic E-state index is 0.780. The molecule has 0 saturated carbocycles. The Bertz CT molecular complexity index is 1260. The zero-order chi connectivity index (χ0) is 18.2. The van der Waals surface area contributed by atoms with Gasteiger partial charge in [-0.05, 0) is 56.4 Å². The molecule has 0 aliphatic heterocycles. The van der Waals surface area contributed by atoms with E-state index in [-0.39, 0.29) is 0 Å². The molecule has 0 radical (unpaired) electrons. The summed E-state index contributed by atoms with van der Waals surface area (Å²) in [5.74, 6) is 0. The van der Waals surface area contributed by atoms with Gasteiger partial charge in [0, 0.05) is 10.6 Å². The van der Waals surface area contributed by atoms with E-state index in [1.165, 1.54) is 27.3 Å². The summed E-state index contributed by atoms with van der Waals surface area (Å²) >= 11 is 6.84. The summed E-state index contributed by atoms with van der Waals surface area (Å²) in [7, 11) is 0. The Morgan fingerprint density at radius 2 is 0.963 bits per heavy atom. The molecule has 0 unspecified atom stereocenters. The van der Waals surface area contributed by atoms with Crippen molar-refractivity contribution in [3.8, 4) is 22.3 Å². The summed E-state index contributed by atoms with van der Waals surface area (Å²) in [6.07, 6.45) is 0. The predicted molar refractivity (Wildman–Crippen MR) is 117 cm³/mol. The molecule has 128 valence electrons. The zero-order valence-electron chi connectivity index (χ0n) is 14.7. The van der Waals surface area contributed by atoms with E-state index in [9.17, 15) is 0 Å². The number of hydrogen-bond acceptors (Lipinski definition) is 0. The fourth-order valence-corrected chi connectivity index (χ4v) is 4.17. The van der Waals surface area contributed by atoms with E-state index in [2.05, 4.69) is 91.0 Å². The molecule has 0 heterocycles. The minimum Gasteiger partial charge on any atom is -0.0836 e.